The number of carbonyl (C=O) groups excluding carboxylic acids is 4. The molecule has 0 saturated carbocycles. The molecule has 0 unspecified atom stereocenters. The van der Waals surface area contributed by atoms with Crippen molar-refractivity contribution in [2.75, 3.05) is 26.2 Å². The van der Waals surface area contributed by atoms with E-state index < -0.39 is 41.1 Å². The third-order valence-corrected chi connectivity index (χ3v) is 5.57. The van der Waals surface area contributed by atoms with Gasteiger partial charge in [0.2, 0.25) is 0 Å². The Morgan fingerprint density at radius 2 is 1.50 bits per heavy atom. The van der Waals surface area contributed by atoms with E-state index in [4.69, 9.17) is 9.47 Å². The SMILES string of the molecule is CC(C)(C)OC(=O)[C@H](Cc1ccccc1)NC(=O)c1nc[nH]c1C(=O)N1CCN(C(=O)OC(C)(C)C)CC1. The van der Waals surface area contributed by atoms with E-state index in [1.54, 1.807) is 51.3 Å². The topological polar surface area (TPSA) is 134 Å². The second-order valence-corrected chi connectivity index (χ2v) is 11.1. The highest BCUT2D eigenvalue weighted by Gasteiger charge is 2.33. The summed E-state index contributed by atoms with van der Waals surface area (Å²) in [5.74, 6) is -1.68. The lowest BCUT2D eigenvalue weighted by Crippen LogP contribution is -2.52. The largest absolute Gasteiger partial charge is 0.458 e. The summed E-state index contributed by atoms with van der Waals surface area (Å²) in [6.45, 7) is 11.8. The number of H-pyrrole nitrogens is 1. The van der Waals surface area contributed by atoms with Gasteiger partial charge in [0.1, 0.15) is 22.9 Å². The van der Waals surface area contributed by atoms with E-state index in [0.717, 1.165) is 5.56 Å². The molecule has 38 heavy (non-hydrogen) atoms. The van der Waals surface area contributed by atoms with Gasteiger partial charge in [-0.2, -0.15) is 0 Å². The van der Waals surface area contributed by atoms with Crippen molar-refractivity contribution in [2.24, 2.45) is 0 Å². The summed E-state index contributed by atoms with van der Waals surface area (Å²) in [5.41, 5.74) is -0.627. The van der Waals surface area contributed by atoms with E-state index >= 15 is 0 Å². The van der Waals surface area contributed by atoms with Gasteiger partial charge in [-0.25, -0.2) is 14.6 Å². The minimum absolute atomic E-state index is 0.0101. The van der Waals surface area contributed by atoms with Gasteiger partial charge in [-0.15, -0.1) is 0 Å². The molecule has 206 valence electrons. The van der Waals surface area contributed by atoms with Crippen LogP contribution in [0.5, 0.6) is 0 Å². The average molecular weight is 528 g/mol. The quantitative estimate of drug-likeness (QED) is 0.552. The van der Waals surface area contributed by atoms with Crippen molar-refractivity contribution in [2.45, 2.75) is 65.2 Å². The molecule has 1 fully saturated rings. The number of piperazine rings is 1. The molecule has 11 nitrogen and oxygen atoms in total. The Hall–Kier alpha value is -3.89. The molecule has 2 aromatic rings. The van der Waals surface area contributed by atoms with Crippen molar-refractivity contribution in [3.63, 3.8) is 0 Å². The predicted molar refractivity (Wildman–Crippen MR) is 140 cm³/mol. The Labute approximate surface area is 222 Å². The zero-order valence-corrected chi connectivity index (χ0v) is 22.9. The van der Waals surface area contributed by atoms with Crippen LogP contribution in [0.1, 0.15) is 68.1 Å². The van der Waals surface area contributed by atoms with Gasteiger partial charge < -0.3 is 29.6 Å². The molecule has 1 aliphatic heterocycles. The molecule has 11 heteroatoms. The van der Waals surface area contributed by atoms with Crippen molar-refractivity contribution < 1.29 is 28.7 Å². The number of aromatic nitrogens is 2. The highest BCUT2D eigenvalue weighted by atomic mass is 16.6. The highest BCUT2D eigenvalue weighted by Crippen LogP contribution is 2.16. The number of benzene rings is 1. The fraction of sp³-hybridized carbons (Fsp3) is 0.519. The van der Waals surface area contributed by atoms with Crippen molar-refractivity contribution >= 4 is 23.9 Å². The molecular formula is C27H37N5O6. The van der Waals surface area contributed by atoms with Crippen LogP contribution in [0.3, 0.4) is 0 Å². The molecule has 0 radical (unpaired) electrons. The van der Waals surface area contributed by atoms with Gasteiger partial charge in [-0.05, 0) is 47.1 Å². The van der Waals surface area contributed by atoms with Crippen LogP contribution in [0.4, 0.5) is 4.79 Å². The first-order valence-corrected chi connectivity index (χ1v) is 12.6. The second kappa shape index (κ2) is 11.7. The fourth-order valence-electron chi connectivity index (χ4n) is 3.85. The molecule has 1 aliphatic rings. The zero-order chi connectivity index (χ0) is 28.1. The first-order chi connectivity index (χ1) is 17.7. The van der Waals surface area contributed by atoms with Crippen LogP contribution < -0.4 is 5.32 Å². The highest BCUT2D eigenvalue weighted by molar-refractivity contribution is 6.05. The van der Waals surface area contributed by atoms with Crippen LogP contribution in [-0.2, 0) is 20.7 Å². The molecule has 0 bridgehead atoms. The maximum atomic E-state index is 13.2. The van der Waals surface area contributed by atoms with Gasteiger partial charge in [-0.3, -0.25) is 9.59 Å². The van der Waals surface area contributed by atoms with Gasteiger partial charge in [-0.1, -0.05) is 30.3 Å². The number of amides is 3. The number of hydrogen-bond acceptors (Lipinski definition) is 7. The first-order valence-electron chi connectivity index (χ1n) is 12.6. The van der Waals surface area contributed by atoms with Crippen molar-refractivity contribution in [3.8, 4) is 0 Å². The molecule has 0 aliphatic carbocycles. The summed E-state index contributed by atoms with van der Waals surface area (Å²) >= 11 is 0. The smallest absolute Gasteiger partial charge is 0.410 e. The molecule has 1 saturated heterocycles. The molecular weight excluding hydrogens is 490 g/mol. The van der Waals surface area contributed by atoms with E-state index in [2.05, 4.69) is 15.3 Å². The van der Waals surface area contributed by atoms with E-state index in [1.165, 1.54) is 6.33 Å². The van der Waals surface area contributed by atoms with E-state index in [1.807, 2.05) is 30.3 Å². The van der Waals surface area contributed by atoms with E-state index in [0.29, 0.717) is 13.1 Å². The van der Waals surface area contributed by atoms with Crippen LogP contribution in [-0.4, -0.2) is 87.1 Å². The number of nitrogens with zero attached hydrogens (tertiary/aromatic N) is 3. The third kappa shape index (κ3) is 8.06. The monoisotopic (exact) mass is 527 g/mol. The molecule has 0 spiro atoms. The van der Waals surface area contributed by atoms with Gasteiger partial charge in [0.25, 0.3) is 11.8 Å². The molecule has 3 rings (SSSR count). The van der Waals surface area contributed by atoms with Gasteiger partial charge >= 0.3 is 12.1 Å². The third-order valence-electron chi connectivity index (χ3n) is 5.57. The average Bonchev–Trinajstić information content (AvgIpc) is 3.32. The minimum Gasteiger partial charge on any atom is -0.458 e. The number of rotatable bonds is 6. The minimum atomic E-state index is -0.985. The predicted octanol–water partition coefficient (Wildman–Crippen LogP) is 2.79. The Morgan fingerprint density at radius 1 is 0.921 bits per heavy atom. The van der Waals surface area contributed by atoms with E-state index in [-0.39, 0.29) is 30.9 Å². The zero-order valence-electron chi connectivity index (χ0n) is 22.9. The number of ether oxygens (including phenoxy) is 2. The number of nitrogens with one attached hydrogen (secondary N) is 2. The van der Waals surface area contributed by atoms with Gasteiger partial charge in [0.05, 0.1) is 6.33 Å². The van der Waals surface area contributed by atoms with Crippen LogP contribution in [0.2, 0.25) is 0 Å². The summed E-state index contributed by atoms with van der Waals surface area (Å²) in [6.07, 6.45) is 1.04. The fourth-order valence-corrected chi connectivity index (χ4v) is 3.85. The van der Waals surface area contributed by atoms with Gasteiger partial charge in [0, 0.05) is 32.6 Å². The Morgan fingerprint density at radius 3 is 2.08 bits per heavy atom. The van der Waals surface area contributed by atoms with E-state index in [9.17, 15) is 19.2 Å². The van der Waals surface area contributed by atoms with Crippen molar-refractivity contribution in [3.05, 3.63) is 53.6 Å². The molecule has 2 heterocycles. The lowest BCUT2D eigenvalue weighted by atomic mass is 10.1. The molecule has 3 amide bonds. The van der Waals surface area contributed by atoms with Crippen LogP contribution in [0, 0.1) is 0 Å². The number of carbonyl (C=O) groups is 4. The maximum absolute atomic E-state index is 13.2. The lowest BCUT2D eigenvalue weighted by Gasteiger charge is -2.35. The molecule has 1 aromatic carbocycles. The van der Waals surface area contributed by atoms with Crippen molar-refractivity contribution in [1.29, 1.82) is 0 Å². The summed E-state index contributed by atoms with van der Waals surface area (Å²) in [5, 5.41) is 2.70. The maximum Gasteiger partial charge on any atom is 0.410 e. The Balaban J connectivity index is 1.69. The summed E-state index contributed by atoms with van der Waals surface area (Å²) in [7, 11) is 0. The van der Waals surface area contributed by atoms with Crippen LogP contribution >= 0.6 is 0 Å². The molecule has 2 N–H and O–H groups in total. The normalized spacial score (nSPS) is 15.0. The summed E-state index contributed by atoms with van der Waals surface area (Å²) < 4.78 is 10.9. The van der Waals surface area contributed by atoms with Crippen LogP contribution in [0.25, 0.3) is 0 Å². The number of imidazole rings is 1. The van der Waals surface area contributed by atoms with Gasteiger partial charge in [0.15, 0.2) is 5.69 Å². The number of aromatic amines is 1. The Kier molecular flexibility index (Phi) is 8.80. The lowest BCUT2D eigenvalue weighted by molar-refractivity contribution is -0.157. The standard InChI is InChI=1S/C27H37N5O6/c1-26(2,3)37-24(35)19(16-18-10-8-7-9-11-18)30-22(33)20-21(29-17-28-20)23(34)31-12-14-32(15-13-31)25(36)38-27(4,5)6/h7-11,17,19H,12-16H2,1-6H3,(H,28,29)(H,30,33)/t19-/m0/s1. The Bertz CT molecular complexity index is 1140. The second-order valence-electron chi connectivity index (χ2n) is 11.1. The summed E-state index contributed by atoms with van der Waals surface area (Å²) in [4.78, 5) is 61.6. The van der Waals surface area contributed by atoms with Crippen molar-refractivity contribution in [1.82, 2.24) is 25.1 Å². The molecule has 1 aromatic heterocycles. The van der Waals surface area contributed by atoms with Crippen LogP contribution in [0.15, 0.2) is 36.7 Å². The molecule has 1 atom stereocenters. The number of hydrogen-bond donors (Lipinski definition) is 2. The summed E-state index contributed by atoms with van der Waals surface area (Å²) in [6, 6.07) is 8.27. The number of esters is 1. The first kappa shape index (κ1) is 28.7.